The number of fused-ring (bicyclic) bond motifs is 1. The van der Waals surface area contributed by atoms with Crippen molar-refractivity contribution in [2.75, 3.05) is 0 Å². The van der Waals surface area contributed by atoms with Crippen LogP contribution < -0.4 is 4.74 Å². The average molecular weight is 268 g/mol. The van der Waals surface area contributed by atoms with Gasteiger partial charge in [0.15, 0.2) is 12.9 Å². The monoisotopic (exact) mass is 268 g/mol. The Balaban J connectivity index is 1.77. The minimum atomic E-state index is 0.137. The number of benzene rings is 1. The largest absolute Gasteiger partial charge is 0.468 e. The lowest BCUT2D eigenvalue weighted by atomic mass is 10.1. The Morgan fingerprint density at radius 2 is 2.15 bits per heavy atom. The quantitative estimate of drug-likeness (QED) is 0.681. The van der Waals surface area contributed by atoms with Crippen molar-refractivity contribution in [2.24, 2.45) is 0 Å². The first-order chi connectivity index (χ1) is 9.74. The highest BCUT2D eigenvalue weighted by Gasteiger charge is 2.05. The molecule has 100 valence electrons. The van der Waals surface area contributed by atoms with Crippen molar-refractivity contribution >= 4 is 17.2 Å². The number of oxazole rings is 1. The van der Waals surface area contributed by atoms with Crippen LogP contribution in [-0.4, -0.2) is 16.3 Å². The first-order valence-corrected chi connectivity index (χ1v) is 6.14. The molecule has 5 heteroatoms. The van der Waals surface area contributed by atoms with Gasteiger partial charge in [0.1, 0.15) is 12.0 Å². The zero-order valence-corrected chi connectivity index (χ0v) is 10.9. The first kappa shape index (κ1) is 12.3. The van der Waals surface area contributed by atoms with E-state index in [1.807, 2.05) is 25.1 Å². The summed E-state index contributed by atoms with van der Waals surface area (Å²) in [5.74, 6) is 0.838. The molecule has 0 bridgehead atoms. The number of aryl methyl sites for hydroxylation is 1. The maximum Gasteiger partial charge on any atom is 0.232 e. The smallest absolute Gasteiger partial charge is 0.232 e. The summed E-state index contributed by atoms with van der Waals surface area (Å²) in [6, 6.07) is 9.77. The van der Waals surface area contributed by atoms with Crippen LogP contribution >= 0.6 is 0 Å². The third-order valence-electron chi connectivity index (χ3n) is 2.85. The van der Waals surface area contributed by atoms with E-state index in [4.69, 9.17) is 9.15 Å². The third kappa shape index (κ3) is 2.51. The number of carbonyl (C=O) groups excluding carboxylic acids is 1. The van der Waals surface area contributed by atoms with Gasteiger partial charge in [-0.3, -0.25) is 4.79 Å². The lowest BCUT2D eigenvalue weighted by Crippen LogP contribution is -1.98. The lowest BCUT2D eigenvalue weighted by molar-refractivity contribution is 0.111. The Labute approximate surface area is 115 Å². The Bertz CT molecular complexity index is 765. The second-order valence-corrected chi connectivity index (χ2v) is 4.42. The molecule has 1 aromatic carbocycles. The van der Waals surface area contributed by atoms with Crippen molar-refractivity contribution in [1.29, 1.82) is 0 Å². The van der Waals surface area contributed by atoms with E-state index in [9.17, 15) is 4.79 Å². The van der Waals surface area contributed by atoms with Crippen molar-refractivity contribution in [1.82, 2.24) is 9.97 Å². The van der Waals surface area contributed by atoms with Crippen LogP contribution in [0.1, 0.15) is 21.9 Å². The van der Waals surface area contributed by atoms with Gasteiger partial charge in [-0.25, -0.2) is 9.97 Å². The van der Waals surface area contributed by atoms with Crippen LogP contribution in [0, 0.1) is 6.92 Å². The molecular formula is C15H12N2O3. The normalized spacial score (nSPS) is 10.7. The van der Waals surface area contributed by atoms with Crippen LogP contribution in [0.5, 0.6) is 5.88 Å². The van der Waals surface area contributed by atoms with Crippen LogP contribution in [0.3, 0.4) is 0 Å². The maximum absolute atomic E-state index is 10.5. The number of ether oxygens (including phenoxy) is 1. The van der Waals surface area contributed by atoms with Crippen molar-refractivity contribution in [3.63, 3.8) is 0 Å². The molecule has 3 aromatic rings. The molecule has 0 atom stereocenters. The Hall–Kier alpha value is -2.69. The molecule has 2 heterocycles. The fourth-order valence-electron chi connectivity index (χ4n) is 1.89. The third-order valence-corrected chi connectivity index (χ3v) is 2.85. The average Bonchev–Trinajstić information content (AvgIpc) is 2.93. The van der Waals surface area contributed by atoms with Crippen LogP contribution in [0.15, 0.2) is 41.0 Å². The molecule has 0 aliphatic rings. The van der Waals surface area contributed by atoms with E-state index in [1.165, 1.54) is 11.8 Å². The minimum Gasteiger partial charge on any atom is -0.468 e. The van der Waals surface area contributed by atoms with Gasteiger partial charge in [0, 0.05) is 11.5 Å². The van der Waals surface area contributed by atoms with Crippen molar-refractivity contribution < 1.29 is 13.9 Å². The molecule has 0 aliphatic heterocycles. The number of pyridine rings is 1. The Kier molecular flexibility index (Phi) is 3.16. The van der Waals surface area contributed by atoms with Gasteiger partial charge < -0.3 is 9.15 Å². The van der Waals surface area contributed by atoms with Gasteiger partial charge in [-0.1, -0.05) is 11.6 Å². The molecule has 0 aliphatic carbocycles. The van der Waals surface area contributed by atoms with Gasteiger partial charge in [0.05, 0.1) is 5.52 Å². The van der Waals surface area contributed by atoms with Crippen molar-refractivity contribution in [3.8, 4) is 5.88 Å². The molecule has 0 unspecified atom stereocenters. The van der Waals surface area contributed by atoms with E-state index in [2.05, 4.69) is 16.0 Å². The summed E-state index contributed by atoms with van der Waals surface area (Å²) >= 11 is 0. The van der Waals surface area contributed by atoms with Gasteiger partial charge in [-0.2, -0.15) is 0 Å². The van der Waals surface area contributed by atoms with Crippen LogP contribution in [0.25, 0.3) is 10.9 Å². The number of aldehydes is 1. The van der Waals surface area contributed by atoms with Crippen LogP contribution in [0.2, 0.25) is 0 Å². The molecule has 0 amide bonds. The summed E-state index contributed by atoms with van der Waals surface area (Å²) in [5, 5.41) is 1.07. The van der Waals surface area contributed by atoms with Gasteiger partial charge in [-0.05, 0) is 25.1 Å². The Morgan fingerprint density at radius 1 is 1.25 bits per heavy atom. The molecule has 20 heavy (non-hydrogen) atoms. The predicted octanol–water partition coefficient (Wildman–Crippen LogP) is 2.92. The summed E-state index contributed by atoms with van der Waals surface area (Å²) < 4.78 is 10.6. The highest BCUT2D eigenvalue weighted by Crippen LogP contribution is 2.18. The zero-order valence-electron chi connectivity index (χ0n) is 10.9. The zero-order chi connectivity index (χ0) is 13.9. The first-order valence-electron chi connectivity index (χ1n) is 6.14. The molecule has 0 N–H and O–H groups in total. The molecule has 0 spiro atoms. The lowest BCUT2D eigenvalue weighted by Gasteiger charge is -2.04. The van der Waals surface area contributed by atoms with Gasteiger partial charge in [0.25, 0.3) is 0 Å². The van der Waals surface area contributed by atoms with Crippen molar-refractivity contribution in [3.05, 3.63) is 53.7 Å². The molecule has 5 nitrogen and oxygen atoms in total. The highest BCUT2D eigenvalue weighted by molar-refractivity contribution is 5.79. The van der Waals surface area contributed by atoms with E-state index in [1.54, 1.807) is 6.07 Å². The summed E-state index contributed by atoms with van der Waals surface area (Å²) in [6.07, 6.45) is 1.92. The Morgan fingerprint density at radius 3 is 2.95 bits per heavy atom. The van der Waals surface area contributed by atoms with E-state index in [0.29, 0.717) is 18.1 Å². The topological polar surface area (TPSA) is 65.2 Å². The molecule has 0 saturated carbocycles. The molecule has 3 rings (SSSR count). The fourth-order valence-corrected chi connectivity index (χ4v) is 1.89. The van der Waals surface area contributed by atoms with Crippen LogP contribution in [0.4, 0.5) is 0 Å². The van der Waals surface area contributed by atoms with Gasteiger partial charge in [0.2, 0.25) is 11.8 Å². The minimum absolute atomic E-state index is 0.137. The molecule has 0 fully saturated rings. The molecular weight excluding hydrogens is 256 g/mol. The summed E-state index contributed by atoms with van der Waals surface area (Å²) in [5.41, 5.74) is 2.31. The molecule has 0 radical (unpaired) electrons. The summed E-state index contributed by atoms with van der Waals surface area (Å²) in [4.78, 5) is 18.8. The number of hydrogen-bond donors (Lipinski definition) is 0. The van der Waals surface area contributed by atoms with E-state index < -0.39 is 0 Å². The standard InChI is InChI=1S/C15H12N2O3/c1-10-2-4-13-11(6-10)3-5-14(17-13)20-9-15-16-12(7-18)8-19-15/h2-8H,9H2,1H3. The van der Waals surface area contributed by atoms with E-state index >= 15 is 0 Å². The number of carbonyl (C=O) groups is 1. The summed E-state index contributed by atoms with van der Waals surface area (Å²) in [6.45, 7) is 2.18. The number of nitrogens with zero attached hydrogens (tertiary/aromatic N) is 2. The fraction of sp³-hybridized carbons (Fsp3) is 0.133. The second-order valence-electron chi connectivity index (χ2n) is 4.42. The van der Waals surface area contributed by atoms with Crippen molar-refractivity contribution in [2.45, 2.75) is 13.5 Å². The molecule has 0 saturated heterocycles. The SMILES string of the molecule is Cc1ccc2nc(OCc3nc(C=O)co3)ccc2c1. The highest BCUT2D eigenvalue weighted by atomic mass is 16.5. The van der Waals surface area contributed by atoms with Gasteiger partial charge in [-0.15, -0.1) is 0 Å². The van der Waals surface area contributed by atoms with Crippen LogP contribution in [-0.2, 0) is 6.61 Å². The second kappa shape index (κ2) is 5.13. The van der Waals surface area contributed by atoms with Gasteiger partial charge >= 0.3 is 0 Å². The number of aromatic nitrogens is 2. The van der Waals surface area contributed by atoms with E-state index in [0.717, 1.165) is 10.9 Å². The predicted molar refractivity (Wildman–Crippen MR) is 72.7 cm³/mol. The molecule has 2 aromatic heterocycles. The number of rotatable bonds is 4. The summed E-state index contributed by atoms with van der Waals surface area (Å²) in [7, 11) is 0. The number of hydrogen-bond acceptors (Lipinski definition) is 5. The maximum atomic E-state index is 10.5. The van der Waals surface area contributed by atoms with E-state index in [-0.39, 0.29) is 12.3 Å².